The molecule has 1 fully saturated rings. The summed E-state index contributed by atoms with van der Waals surface area (Å²) in [5.74, 6) is -0.227. The minimum Gasteiger partial charge on any atom is -0.465 e. The molecule has 1 saturated carbocycles. The molecule has 2 amide bonds. The van der Waals surface area contributed by atoms with Crippen LogP contribution in [0.3, 0.4) is 0 Å². The van der Waals surface area contributed by atoms with Crippen molar-refractivity contribution in [2.45, 2.75) is 18.8 Å². The van der Waals surface area contributed by atoms with Crippen LogP contribution in [-0.2, 0) is 0 Å². The number of halogens is 2. The normalized spacial score (nSPS) is 13.2. The van der Waals surface area contributed by atoms with Gasteiger partial charge in [-0.25, -0.2) is 19.2 Å². The maximum absolute atomic E-state index is 15.2. The van der Waals surface area contributed by atoms with E-state index in [-0.39, 0.29) is 22.7 Å². The first-order valence-corrected chi connectivity index (χ1v) is 11.8. The molecule has 184 valence electrons. The second-order valence-corrected chi connectivity index (χ2v) is 9.19. The monoisotopic (exact) mass is 516 g/mol. The highest BCUT2D eigenvalue weighted by Gasteiger charge is 2.32. The van der Waals surface area contributed by atoms with Crippen molar-refractivity contribution in [2.75, 3.05) is 5.32 Å². The minimum atomic E-state index is -1.25. The van der Waals surface area contributed by atoms with Gasteiger partial charge in [0, 0.05) is 18.3 Å². The Morgan fingerprint density at radius 1 is 1.05 bits per heavy atom. The SMILES string of the molecule is NC(=O)c1cc(-c2ccnc(NC(=O)O)c2)cc2c1nc(C1CC1)n2-c1ccnc2c(Cl)ccc(F)c12. The number of nitrogens with zero attached hydrogens (tertiary/aromatic N) is 4. The molecule has 0 atom stereocenters. The van der Waals surface area contributed by atoms with Gasteiger partial charge in [0.2, 0.25) is 0 Å². The van der Waals surface area contributed by atoms with E-state index in [9.17, 15) is 9.59 Å². The van der Waals surface area contributed by atoms with Crippen molar-refractivity contribution in [3.8, 4) is 16.8 Å². The second kappa shape index (κ2) is 8.52. The number of anilines is 1. The Balaban J connectivity index is 1.68. The van der Waals surface area contributed by atoms with Gasteiger partial charge >= 0.3 is 6.09 Å². The number of amides is 2. The van der Waals surface area contributed by atoms with E-state index in [0.717, 1.165) is 12.8 Å². The molecule has 1 aliphatic rings. The van der Waals surface area contributed by atoms with Crippen LogP contribution in [0.5, 0.6) is 0 Å². The van der Waals surface area contributed by atoms with E-state index in [4.69, 9.17) is 27.4 Å². The quantitative estimate of drug-likeness (QED) is 0.282. The number of pyridine rings is 2. The molecule has 5 aromatic rings. The third-order valence-electron chi connectivity index (χ3n) is 6.33. The fourth-order valence-electron chi connectivity index (χ4n) is 4.57. The molecule has 0 saturated heterocycles. The van der Waals surface area contributed by atoms with E-state index in [0.29, 0.717) is 44.2 Å². The number of hydrogen-bond donors (Lipinski definition) is 3. The summed E-state index contributed by atoms with van der Waals surface area (Å²) in [5, 5.41) is 11.8. The number of carbonyl (C=O) groups is 2. The van der Waals surface area contributed by atoms with Crippen LogP contribution in [0.4, 0.5) is 15.0 Å². The summed E-state index contributed by atoms with van der Waals surface area (Å²) in [6.07, 6.45) is 3.56. The predicted molar refractivity (Wildman–Crippen MR) is 137 cm³/mol. The molecule has 4 N–H and O–H groups in total. The molecule has 0 aliphatic heterocycles. The van der Waals surface area contributed by atoms with E-state index in [1.54, 1.807) is 30.5 Å². The lowest BCUT2D eigenvalue weighted by atomic mass is 10.0. The van der Waals surface area contributed by atoms with Crippen molar-refractivity contribution >= 4 is 51.4 Å². The second-order valence-electron chi connectivity index (χ2n) is 8.78. The fourth-order valence-corrected chi connectivity index (χ4v) is 4.78. The van der Waals surface area contributed by atoms with Crippen LogP contribution in [0, 0.1) is 5.82 Å². The van der Waals surface area contributed by atoms with Gasteiger partial charge in [0.05, 0.1) is 32.7 Å². The Hall–Kier alpha value is -4.57. The lowest BCUT2D eigenvalue weighted by Crippen LogP contribution is -2.12. The molecule has 0 bridgehead atoms. The number of benzene rings is 2. The van der Waals surface area contributed by atoms with Crippen molar-refractivity contribution in [1.29, 1.82) is 0 Å². The first-order valence-electron chi connectivity index (χ1n) is 11.4. The molecule has 37 heavy (non-hydrogen) atoms. The van der Waals surface area contributed by atoms with Crippen LogP contribution < -0.4 is 11.1 Å². The fraction of sp³-hybridized carbons (Fsp3) is 0.115. The largest absolute Gasteiger partial charge is 0.465 e. The first-order chi connectivity index (χ1) is 17.8. The van der Waals surface area contributed by atoms with Crippen molar-refractivity contribution in [3.63, 3.8) is 0 Å². The smallest absolute Gasteiger partial charge is 0.410 e. The predicted octanol–water partition coefficient (Wildman–Crippen LogP) is 5.49. The van der Waals surface area contributed by atoms with Crippen LogP contribution >= 0.6 is 11.6 Å². The summed E-state index contributed by atoms with van der Waals surface area (Å²) >= 11 is 6.35. The van der Waals surface area contributed by atoms with Gasteiger partial charge in [-0.3, -0.25) is 19.7 Å². The van der Waals surface area contributed by atoms with Crippen molar-refractivity contribution < 1.29 is 19.1 Å². The Kier molecular flexibility index (Phi) is 5.27. The number of nitrogens with two attached hydrogens (primary N) is 1. The standard InChI is InChI=1S/C26H18ClFN6O3/c27-16-3-4-17(28)21-18(6-8-31-23(16)21)34-19-10-14(13-5-7-30-20(11-13)32-26(36)37)9-15(24(29)35)22(19)33-25(34)12-1-2-12/h3-12H,1-2H2,(H2,29,35)(H,30,32)(H,36,37). The highest BCUT2D eigenvalue weighted by atomic mass is 35.5. The molecular formula is C26H18ClFN6O3. The highest BCUT2D eigenvalue weighted by Crippen LogP contribution is 2.44. The van der Waals surface area contributed by atoms with E-state index >= 15 is 4.39 Å². The number of carboxylic acid groups (broad SMARTS) is 1. The average Bonchev–Trinajstić information content (AvgIpc) is 3.65. The van der Waals surface area contributed by atoms with Crippen LogP contribution in [0.2, 0.25) is 5.02 Å². The summed E-state index contributed by atoms with van der Waals surface area (Å²) in [5.41, 5.74) is 8.88. The number of rotatable bonds is 5. The van der Waals surface area contributed by atoms with Crippen molar-refractivity contribution in [1.82, 2.24) is 19.5 Å². The number of fused-ring (bicyclic) bond motifs is 2. The molecule has 1 aliphatic carbocycles. The third-order valence-corrected chi connectivity index (χ3v) is 6.64. The van der Waals surface area contributed by atoms with Gasteiger partial charge < -0.3 is 10.8 Å². The summed E-state index contributed by atoms with van der Waals surface area (Å²) < 4.78 is 17.0. The lowest BCUT2D eigenvalue weighted by Gasteiger charge is -2.14. The maximum atomic E-state index is 15.2. The average molecular weight is 517 g/mol. The minimum absolute atomic E-state index is 0.120. The van der Waals surface area contributed by atoms with E-state index in [1.807, 2.05) is 10.6 Å². The summed E-state index contributed by atoms with van der Waals surface area (Å²) in [4.78, 5) is 36.8. The lowest BCUT2D eigenvalue weighted by molar-refractivity contribution is 0.100. The van der Waals surface area contributed by atoms with Crippen molar-refractivity contribution in [2.24, 2.45) is 5.73 Å². The number of primary amides is 1. The zero-order chi connectivity index (χ0) is 25.8. The zero-order valence-electron chi connectivity index (χ0n) is 19.1. The van der Waals surface area contributed by atoms with Crippen LogP contribution in [0.1, 0.15) is 34.9 Å². The van der Waals surface area contributed by atoms with Gasteiger partial charge in [0.25, 0.3) is 5.91 Å². The maximum Gasteiger partial charge on any atom is 0.410 e. The van der Waals surface area contributed by atoms with Gasteiger partial charge in [-0.05, 0) is 66.4 Å². The third kappa shape index (κ3) is 3.91. The summed E-state index contributed by atoms with van der Waals surface area (Å²) in [6, 6.07) is 11.1. The topological polar surface area (TPSA) is 136 Å². The first kappa shape index (κ1) is 22.9. The molecule has 3 aromatic heterocycles. The van der Waals surface area contributed by atoms with Gasteiger partial charge in [-0.2, -0.15) is 0 Å². The molecule has 2 aromatic carbocycles. The van der Waals surface area contributed by atoms with Crippen LogP contribution in [0.25, 0.3) is 38.8 Å². The molecule has 0 radical (unpaired) electrons. The Morgan fingerprint density at radius 2 is 1.84 bits per heavy atom. The summed E-state index contributed by atoms with van der Waals surface area (Å²) in [6.45, 7) is 0. The molecule has 3 heterocycles. The molecule has 0 unspecified atom stereocenters. The zero-order valence-corrected chi connectivity index (χ0v) is 19.8. The molecule has 0 spiro atoms. The molecular weight excluding hydrogens is 499 g/mol. The van der Waals surface area contributed by atoms with Gasteiger partial charge in [0.1, 0.15) is 23.0 Å². The molecule has 11 heteroatoms. The number of imidazole rings is 1. The highest BCUT2D eigenvalue weighted by molar-refractivity contribution is 6.35. The van der Waals surface area contributed by atoms with Crippen LogP contribution in [0.15, 0.2) is 54.9 Å². The van der Waals surface area contributed by atoms with Gasteiger partial charge in [-0.1, -0.05) is 11.6 Å². The van der Waals surface area contributed by atoms with Gasteiger partial charge in [0.15, 0.2) is 0 Å². The van der Waals surface area contributed by atoms with Crippen LogP contribution in [-0.4, -0.2) is 36.6 Å². The number of hydrogen-bond acceptors (Lipinski definition) is 5. The Bertz CT molecular complexity index is 1770. The molecule has 9 nitrogen and oxygen atoms in total. The van der Waals surface area contributed by atoms with Gasteiger partial charge in [-0.15, -0.1) is 0 Å². The number of carbonyl (C=O) groups excluding carboxylic acids is 1. The van der Waals surface area contributed by atoms with E-state index < -0.39 is 17.8 Å². The number of nitrogens with one attached hydrogen (secondary N) is 1. The summed E-state index contributed by atoms with van der Waals surface area (Å²) in [7, 11) is 0. The Morgan fingerprint density at radius 3 is 2.57 bits per heavy atom. The van der Waals surface area contributed by atoms with E-state index in [1.165, 1.54) is 18.3 Å². The molecule has 6 rings (SSSR count). The number of aromatic nitrogens is 4. The Labute approximate surface area is 213 Å². The van der Waals surface area contributed by atoms with Crippen molar-refractivity contribution in [3.05, 3.63) is 77.1 Å². The van der Waals surface area contributed by atoms with E-state index in [2.05, 4.69) is 15.3 Å².